The third-order valence-corrected chi connectivity index (χ3v) is 3.45. The molecule has 5 heteroatoms. The Bertz CT molecular complexity index is 364. The molecule has 0 saturated carbocycles. The van der Waals surface area contributed by atoms with E-state index in [1.165, 1.54) is 0 Å². The zero-order chi connectivity index (χ0) is 12.0. The molecule has 0 aliphatic rings. The molecule has 2 unspecified atom stereocenters. The fourth-order valence-electron chi connectivity index (χ4n) is 1.23. The molecular weight excluding hydrogens is 228 g/mol. The normalized spacial score (nSPS) is 14.3. The van der Waals surface area contributed by atoms with E-state index >= 15 is 0 Å². The first-order valence-electron chi connectivity index (χ1n) is 4.91. The number of carboxylic acids is 1. The van der Waals surface area contributed by atoms with Crippen molar-refractivity contribution in [2.75, 3.05) is 5.75 Å². The van der Waals surface area contributed by atoms with E-state index in [-0.39, 0.29) is 12.2 Å². The van der Waals surface area contributed by atoms with Gasteiger partial charge in [-0.2, -0.15) is 0 Å². The number of hydrogen-bond acceptors (Lipinski definition) is 4. The van der Waals surface area contributed by atoms with E-state index in [0.29, 0.717) is 4.90 Å². The lowest BCUT2D eigenvalue weighted by molar-refractivity contribution is -0.307. The van der Waals surface area contributed by atoms with Gasteiger partial charge in [0.15, 0.2) is 0 Å². The number of carbonyl (C=O) groups is 1. The monoisotopic (exact) mass is 241 g/mol. The maximum atomic E-state index is 11.7. The first-order chi connectivity index (χ1) is 7.59. The lowest BCUT2D eigenvalue weighted by Crippen LogP contribution is -2.28. The molecule has 1 rings (SSSR count). The molecule has 0 aliphatic carbocycles. The summed E-state index contributed by atoms with van der Waals surface area (Å²) < 4.78 is 11.7. The summed E-state index contributed by atoms with van der Waals surface area (Å²) in [6.07, 6.45) is -1.21. The molecule has 1 N–H and O–H groups in total. The average molecular weight is 241 g/mol. The van der Waals surface area contributed by atoms with E-state index in [2.05, 4.69) is 0 Å². The minimum Gasteiger partial charge on any atom is -0.550 e. The number of rotatable bonds is 6. The van der Waals surface area contributed by atoms with Gasteiger partial charge in [0.25, 0.3) is 0 Å². The quantitative estimate of drug-likeness (QED) is 0.740. The van der Waals surface area contributed by atoms with Gasteiger partial charge in [-0.05, 0) is 18.6 Å². The van der Waals surface area contributed by atoms with Gasteiger partial charge in [0.2, 0.25) is 0 Å². The van der Waals surface area contributed by atoms with Crippen LogP contribution in [0.4, 0.5) is 0 Å². The molecule has 0 radical (unpaired) electrons. The van der Waals surface area contributed by atoms with Crippen LogP contribution in [0.3, 0.4) is 0 Å². The SMILES string of the molecule is O=C([O-])CC(O)CCS(=O)c1ccccc1. The van der Waals surface area contributed by atoms with E-state index in [9.17, 15) is 19.2 Å². The number of carbonyl (C=O) groups excluding carboxylic acids is 1. The summed E-state index contributed by atoms with van der Waals surface area (Å²) in [6, 6.07) is 8.86. The van der Waals surface area contributed by atoms with Crippen molar-refractivity contribution in [2.45, 2.75) is 23.8 Å². The molecular formula is C11H13O4S-. The molecule has 0 saturated heterocycles. The number of aliphatic hydroxyl groups excluding tert-OH is 1. The van der Waals surface area contributed by atoms with E-state index in [1.807, 2.05) is 6.07 Å². The van der Waals surface area contributed by atoms with Crippen molar-refractivity contribution in [1.29, 1.82) is 0 Å². The summed E-state index contributed by atoms with van der Waals surface area (Å²) in [5, 5.41) is 19.4. The summed E-state index contributed by atoms with van der Waals surface area (Å²) >= 11 is 0. The summed E-state index contributed by atoms with van der Waals surface area (Å²) in [7, 11) is -1.19. The summed E-state index contributed by atoms with van der Waals surface area (Å²) in [4.78, 5) is 10.9. The first-order valence-corrected chi connectivity index (χ1v) is 6.23. The second-order valence-electron chi connectivity index (χ2n) is 3.38. The number of aliphatic hydroxyl groups is 1. The van der Waals surface area contributed by atoms with Crippen molar-refractivity contribution < 1.29 is 19.2 Å². The van der Waals surface area contributed by atoms with Crippen LogP contribution in [0, 0.1) is 0 Å². The molecule has 0 spiro atoms. The van der Waals surface area contributed by atoms with Crippen LogP contribution in [0.2, 0.25) is 0 Å². The number of benzene rings is 1. The third kappa shape index (κ3) is 4.55. The fraction of sp³-hybridized carbons (Fsp3) is 0.364. The molecule has 16 heavy (non-hydrogen) atoms. The van der Waals surface area contributed by atoms with Gasteiger partial charge in [-0.15, -0.1) is 0 Å². The molecule has 88 valence electrons. The maximum Gasteiger partial charge on any atom is 0.0601 e. The van der Waals surface area contributed by atoms with Crippen LogP contribution in [-0.2, 0) is 15.6 Å². The van der Waals surface area contributed by atoms with Crippen molar-refractivity contribution in [1.82, 2.24) is 0 Å². The summed E-state index contributed by atoms with van der Waals surface area (Å²) in [5.41, 5.74) is 0. The van der Waals surface area contributed by atoms with Crippen LogP contribution in [0.5, 0.6) is 0 Å². The Hall–Kier alpha value is -1.20. The highest BCUT2D eigenvalue weighted by Gasteiger charge is 2.08. The standard InChI is InChI=1S/C11H14O4S/c12-9(8-11(13)14)6-7-16(15)10-4-2-1-3-5-10/h1-5,9,12H,6-8H2,(H,13,14)/p-1. The van der Waals surface area contributed by atoms with Crippen LogP contribution < -0.4 is 5.11 Å². The van der Waals surface area contributed by atoms with Gasteiger partial charge in [0, 0.05) is 23.0 Å². The minimum atomic E-state index is -1.29. The summed E-state index contributed by atoms with van der Waals surface area (Å²) in [5.74, 6) is -1.05. The van der Waals surface area contributed by atoms with Crippen molar-refractivity contribution in [3.63, 3.8) is 0 Å². The number of hydrogen-bond donors (Lipinski definition) is 1. The lowest BCUT2D eigenvalue weighted by Gasteiger charge is -2.10. The van der Waals surface area contributed by atoms with E-state index in [4.69, 9.17) is 0 Å². The van der Waals surface area contributed by atoms with Crippen LogP contribution >= 0.6 is 0 Å². The Morgan fingerprint density at radius 1 is 1.38 bits per heavy atom. The minimum absolute atomic E-state index is 0.190. The molecule has 2 atom stereocenters. The predicted molar refractivity (Wildman–Crippen MR) is 58.0 cm³/mol. The van der Waals surface area contributed by atoms with Crippen molar-refractivity contribution in [3.8, 4) is 0 Å². The Morgan fingerprint density at radius 3 is 2.56 bits per heavy atom. The highest BCUT2D eigenvalue weighted by molar-refractivity contribution is 7.85. The van der Waals surface area contributed by atoms with Gasteiger partial charge >= 0.3 is 0 Å². The molecule has 1 aromatic rings. The Labute approximate surface area is 96.4 Å². The fourth-order valence-corrected chi connectivity index (χ4v) is 2.41. The predicted octanol–water partition coefficient (Wildman–Crippen LogP) is -0.315. The smallest absolute Gasteiger partial charge is 0.0601 e. The maximum absolute atomic E-state index is 11.7. The van der Waals surface area contributed by atoms with Crippen LogP contribution in [-0.4, -0.2) is 27.1 Å². The summed E-state index contributed by atoms with van der Waals surface area (Å²) in [6.45, 7) is 0. The first kappa shape index (κ1) is 12.9. The second-order valence-corrected chi connectivity index (χ2v) is 4.95. The van der Waals surface area contributed by atoms with Crippen molar-refractivity contribution >= 4 is 16.8 Å². The zero-order valence-corrected chi connectivity index (χ0v) is 9.48. The molecule has 4 nitrogen and oxygen atoms in total. The van der Waals surface area contributed by atoms with Gasteiger partial charge in [-0.3, -0.25) is 4.21 Å². The van der Waals surface area contributed by atoms with E-state index in [0.717, 1.165) is 0 Å². The highest BCUT2D eigenvalue weighted by atomic mass is 32.2. The molecule has 1 aromatic carbocycles. The second kappa shape index (κ2) is 6.40. The van der Waals surface area contributed by atoms with Gasteiger partial charge in [-0.25, -0.2) is 0 Å². The highest BCUT2D eigenvalue weighted by Crippen LogP contribution is 2.08. The van der Waals surface area contributed by atoms with Gasteiger partial charge in [0.1, 0.15) is 0 Å². The third-order valence-electron chi connectivity index (χ3n) is 2.04. The van der Waals surface area contributed by atoms with Crippen molar-refractivity contribution in [2.24, 2.45) is 0 Å². The zero-order valence-electron chi connectivity index (χ0n) is 8.67. The Morgan fingerprint density at radius 2 is 2.00 bits per heavy atom. The van der Waals surface area contributed by atoms with Crippen LogP contribution in [0.15, 0.2) is 35.2 Å². The molecule has 0 amide bonds. The molecule has 0 aromatic heterocycles. The van der Waals surface area contributed by atoms with E-state index in [1.54, 1.807) is 24.3 Å². The lowest BCUT2D eigenvalue weighted by atomic mass is 10.2. The number of aliphatic carboxylic acids is 1. The van der Waals surface area contributed by atoms with Gasteiger partial charge < -0.3 is 15.0 Å². The topological polar surface area (TPSA) is 77.4 Å². The van der Waals surface area contributed by atoms with Crippen LogP contribution in [0.1, 0.15) is 12.8 Å². The number of carboxylic acid groups (broad SMARTS) is 1. The molecule has 0 heterocycles. The Kier molecular flexibility index (Phi) is 5.14. The van der Waals surface area contributed by atoms with Gasteiger partial charge in [0.05, 0.1) is 16.9 Å². The van der Waals surface area contributed by atoms with Crippen LogP contribution in [0.25, 0.3) is 0 Å². The Balaban J connectivity index is 2.39. The largest absolute Gasteiger partial charge is 0.550 e. The van der Waals surface area contributed by atoms with Gasteiger partial charge in [-0.1, -0.05) is 18.2 Å². The average Bonchev–Trinajstić information content (AvgIpc) is 2.26. The van der Waals surface area contributed by atoms with E-state index < -0.39 is 29.3 Å². The van der Waals surface area contributed by atoms with Crippen molar-refractivity contribution in [3.05, 3.63) is 30.3 Å². The molecule has 0 bridgehead atoms. The molecule has 0 aliphatic heterocycles. The molecule has 0 fully saturated rings.